The summed E-state index contributed by atoms with van der Waals surface area (Å²) in [6, 6.07) is 7.14. The summed E-state index contributed by atoms with van der Waals surface area (Å²) in [5.41, 5.74) is 2.40. The summed E-state index contributed by atoms with van der Waals surface area (Å²) in [4.78, 5) is 2.23. The molecule has 1 aliphatic rings. The molecule has 1 aromatic carbocycles. The Morgan fingerprint density at radius 1 is 1.39 bits per heavy atom. The van der Waals surface area contributed by atoms with Gasteiger partial charge in [0, 0.05) is 26.2 Å². The van der Waals surface area contributed by atoms with Gasteiger partial charge in [0.15, 0.2) is 0 Å². The Morgan fingerprint density at radius 3 is 2.67 bits per heavy atom. The maximum absolute atomic E-state index is 6.37. The quantitative estimate of drug-likeness (QED) is 0.845. The molecule has 0 atom stereocenters. The van der Waals surface area contributed by atoms with E-state index < -0.39 is 0 Å². The van der Waals surface area contributed by atoms with Crippen molar-refractivity contribution in [3.8, 4) is 0 Å². The van der Waals surface area contributed by atoms with E-state index in [2.05, 4.69) is 49.3 Å². The second-order valence-corrected chi connectivity index (χ2v) is 6.12. The third-order valence-electron chi connectivity index (χ3n) is 3.23. The van der Waals surface area contributed by atoms with E-state index in [1.807, 2.05) is 0 Å². The van der Waals surface area contributed by atoms with Gasteiger partial charge in [0.1, 0.15) is 0 Å². The van der Waals surface area contributed by atoms with Crippen LogP contribution in [0.15, 0.2) is 18.2 Å². The largest absolute Gasteiger partial charge is 0.373 e. The molecule has 100 valence electrons. The molecule has 0 spiro atoms. The van der Waals surface area contributed by atoms with Gasteiger partial charge in [-0.3, -0.25) is 0 Å². The van der Waals surface area contributed by atoms with Crippen LogP contribution < -0.4 is 10.2 Å². The van der Waals surface area contributed by atoms with Crippen LogP contribution in [-0.2, 0) is 6.54 Å². The van der Waals surface area contributed by atoms with Crippen LogP contribution in [0.1, 0.15) is 32.3 Å². The molecule has 1 aliphatic carbocycles. The minimum Gasteiger partial charge on any atom is -0.373 e. The Balaban J connectivity index is 1.99. The maximum atomic E-state index is 6.37. The minimum absolute atomic E-state index is 0.641. The molecule has 0 radical (unpaired) electrons. The number of nitrogens with zero attached hydrogens (tertiary/aromatic N) is 1. The smallest absolute Gasteiger partial charge is 0.0642 e. The molecule has 1 fully saturated rings. The molecule has 1 N–H and O–H groups in total. The van der Waals surface area contributed by atoms with E-state index in [0.29, 0.717) is 5.92 Å². The van der Waals surface area contributed by atoms with Crippen molar-refractivity contribution in [2.75, 3.05) is 18.5 Å². The molecule has 2 nitrogen and oxygen atoms in total. The lowest BCUT2D eigenvalue weighted by atomic mass is 10.1. The van der Waals surface area contributed by atoms with Crippen molar-refractivity contribution >= 4 is 17.3 Å². The molecule has 0 saturated heterocycles. The van der Waals surface area contributed by atoms with E-state index in [1.165, 1.54) is 18.4 Å². The van der Waals surface area contributed by atoms with Gasteiger partial charge >= 0.3 is 0 Å². The van der Waals surface area contributed by atoms with Gasteiger partial charge < -0.3 is 10.2 Å². The van der Waals surface area contributed by atoms with E-state index in [9.17, 15) is 0 Å². The Labute approximate surface area is 115 Å². The number of anilines is 1. The summed E-state index contributed by atoms with van der Waals surface area (Å²) in [5.74, 6) is 0.641. The number of hydrogen-bond donors (Lipinski definition) is 1. The van der Waals surface area contributed by atoms with E-state index in [1.54, 1.807) is 0 Å². The van der Waals surface area contributed by atoms with E-state index in [-0.39, 0.29) is 0 Å². The lowest BCUT2D eigenvalue weighted by molar-refractivity contribution is 0.638. The highest BCUT2D eigenvalue weighted by molar-refractivity contribution is 6.33. The van der Waals surface area contributed by atoms with E-state index >= 15 is 0 Å². The molecule has 0 bridgehead atoms. The van der Waals surface area contributed by atoms with Crippen LogP contribution in [0, 0.1) is 5.92 Å². The van der Waals surface area contributed by atoms with Gasteiger partial charge in [-0.05, 0) is 36.5 Å². The highest BCUT2D eigenvalue weighted by atomic mass is 35.5. The standard InChI is InChI=1S/C15H23ClN2/c1-11(2)10-18(3)15-7-4-12(8-14(15)16)9-17-13-5-6-13/h4,7-8,11,13,17H,5-6,9-10H2,1-3H3. The third-order valence-corrected chi connectivity index (χ3v) is 3.54. The average Bonchev–Trinajstić information content (AvgIpc) is 3.09. The van der Waals surface area contributed by atoms with Crippen LogP contribution >= 0.6 is 11.6 Å². The highest BCUT2D eigenvalue weighted by Gasteiger charge is 2.20. The Bertz CT molecular complexity index is 399. The zero-order chi connectivity index (χ0) is 13.1. The summed E-state index contributed by atoms with van der Waals surface area (Å²) in [5, 5.41) is 4.36. The fraction of sp³-hybridized carbons (Fsp3) is 0.600. The molecular formula is C15H23ClN2. The Morgan fingerprint density at radius 2 is 2.11 bits per heavy atom. The molecule has 3 heteroatoms. The van der Waals surface area contributed by atoms with Crippen LogP contribution in [0.2, 0.25) is 5.02 Å². The second-order valence-electron chi connectivity index (χ2n) is 5.72. The molecule has 0 aromatic heterocycles. The molecule has 1 saturated carbocycles. The van der Waals surface area contributed by atoms with Gasteiger partial charge in [-0.25, -0.2) is 0 Å². The Kier molecular flexibility index (Phi) is 4.52. The summed E-state index contributed by atoms with van der Waals surface area (Å²) in [6.45, 7) is 6.40. The first-order chi connectivity index (χ1) is 8.56. The maximum Gasteiger partial charge on any atom is 0.0642 e. The second kappa shape index (κ2) is 5.94. The predicted octanol–water partition coefficient (Wildman–Crippen LogP) is 3.68. The number of benzene rings is 1. The topological polar surface area (TPSA) is 15.3 Å². The van der Waals surface area contributed by atoms with Crippen LogP contribution in [0.25, 0.3) is 0 Å². The average molecular weight is 267 g/mol. The first-order valence-electron chi connectivity index (χ1n) is 6.79. The van der Waals surface area contributed by atoms with Crippen molar-refractivity contribution in [1.29, 1.82) is 0 Å². The molecule has 0 amide bonds. The highest BCUT2D eigenvalue weighted by Crippen LogP contribution is 2.27. The van der Waals surface area contributed by atoms with Gasteiger partial charge in [-0.2, -0.15) is 0 Å². The van der Waals surface area contributed by atoms with Gasteiger partial charge in [0.25, 0.3) is 0 Å². The predicted molar refractivity (Wildman–Crippen MR) is 79.4 cm³/mol. The summed E-state index contributed by atoms with van der Waals surface area (Å²) >= 11 is 6.37. The summed E-state index contributed by atoms with van der Waals surface area (Å²) < 4.78 is 0. The Hall–Kier alpha value is -0.730. The summed E-state index contributed by atoms with van der Waals surface area (Å²) in [6.07, 6.45) is 2.64. The van der Waals surface area contributed by atoms with Crippen LogP contribution in [0.4, 0.5) is 5.69 Å². The van der Waals surface area contributed by atoms with Crippen LogP contribution in [0.3, 0.4) is 0 Å². The number of nitrogens with one attached hydrogen (secondary N) is 1. The van der Waals surface area contributed by atoms with Crippen molar-refractivity contribution in [1.82, 2.24) is 5.32 Å². The fourth-order valence-electron chi connectivity index (χ4n) is 2.17. The van der Waals surface area contributed by atoms with Gasteiger partial charge in [0.2, 0.25) is 0 Å². The SMILES string of the molecule is CC(C)CN(C)c1ccc(CNC2CC2)cc1Cl. The van der Waals surface area contributed by atoms with Crippen molar-refractivity contribution in [2.24, 2.45) is 5.92 Å². The first-order valence-corrected chi connectivity index (χ1v) is 7.17. The molecule has 18 heavy (non-hydrogen) atoms. The van der Waals surface area contributed by atoms with Gasteiger partial charge in [-0.1, -0.05) is 31.5 Å². The zero-order valence-electron chi connectivity index (χ0n) is 11.5. The number of rotatable bonds is 6. The molecule has 0 aliphatic heterocycles. The minimum atomic E-state index is 0.641. The van der Waals surface area contributed by atoms with Crippen LogP contribution in [0.5, 0.6) is 0 Å². The van der Waals surface area contributed by atoms with Crippen molar-refractivity contribution in [2.45, 2.75) is 39.3 Å². The number of hydrogen-bond acceptors (Lipinski definition) is 2. The lowest BCUT2D eigenvalue weighted by Gasteiger charge is -2.23. The van der Waals surface area contributed by atoms with Crippen molar-refractivity contribution in [3.63, 3.8) is 0 Å². The number of halogens is 1. The molecule has 1 aromatic rings. The van der Waals surface area contributed by atoms with Gasteiger partial charge in [-0.15, -0.1) is 0 Å². The van der Waals surface area contributed by atoms with Crippen molar-refractivity contribution < 1.29 is 0 Å². The monoisotopic (exact) mass is 266 g/mol. The lowest BCUT2D eigenvalue weighted by Crippen LogP contribution is -2.23. The van der Waals surface area contributed by atoms with E-state index in [0.717, 1.165) is 29.8 Å². The summed E-state index contributed by atoms with van der Waals surface area (Å²) in [7, 11) is 2.10. The third kappa shape index (κ3) is 3.89. The molecule has 0 heterocycles. The van der Waals surface area contributed by atoms with Crippen LogP contribution in [-0.4, -0.2) is 19.6 Å². The first kappa shape index (κ1) is 13.7. The molecule has 0 unspecified atom stereocenters. The van der Waals surface area contributed by atoms with E-state index in [4.69, 9.17) is 11.6 Å². The molecular weight excluding hydrogens is 244 g/mol. The zero-order valence-corrected chi connectivity index (χ0v) is 12.3. The van der Waals surface area contributed by atoms with Gasteiger partial charge in [0.05, 0.1) is 10.7 Å². The van der Waals surface area contributed by atoms with Crippen molar-refractivity contribution in [3.05, 3.63) is 28.8 Å². The molecule has 2 rings (SSSR count). The fourth-order valence-corrected chi connectivity index (χ4v) is 2.51. The normalized spacial score (nSPS) is 15.2.